The molecule has 0 aromatic carbocycles. The second-order valence-electron chi connectivity index (χ2n) is 5.07. The minimum atomic E-state index is 0.334. The predicted octanol–water partition coefficient (Wildman–Crippen LogP) is 1.70. The summed E-state index contributed by atoms with van der Waals surface area (Å²) in [5, 5.41) is 0.556. The number of hydrogen-bond donors (Lipinski definition) is 2. The lowest BCUT2D eigenvalue weighted by Gasteiger charge is -2.30. The number of nitrogens with zero attached hydrogens (tertiary/aromatic N) is 1. The van der Waals surface area contributed by atoms with Crippen molar-refractivity contribution < 1.29 is 4.74 Å². The molecule has 0 aliphatic carbocycles. The first kappa shape index (κ1) is 13.5. The van der Waals surface area contributed by atoms with Gasteiger partial charge in [0.25, 0.3) is 0 Å². The van der Waals surface area contributed by atoms with Crippen LogP contribution in [-0.4, -0.2) is 30.2 Å². The van der Waals surface area contributed by atoms with Gasteiger partial charge in [0, 0.05) is 12.6 Å². The number of likely N-dealkylation sites (tertiary alicyclic amines) is 1. The van der Waals surface area contributed by atoms with Crippen molar-refractivity contribution in [3.05, 3.63) is 28.7 Å². The monoisotopic (exact) mass is 269 g/mol. The van der Waals surface area contributed by atoms with Crippen LogP contribution in [0.25, 0.3) is 0 Å². The maximum atomic E-state index is 6.12. The molecule has 2 heterocycles. The molecule has 3 N–H and O–H groups in total. The van der Waals surface area contributed by atoms with Crippen molar-refractivity contribution in [2.45, 2.75) is 32.4 Å². The molecule has 2 aliphatic heterocycles. The fraction of sp³-hybridized carbons (Fsp3) is 0.615. The lowest BCUT2D eigenvalue weighted by atomic mass is 10.2. The van der Waals surface area contributed by atoms with Gasteiger partial charge in [0.1, 0.15) is 5.82 Å². The van der Waals surface area contributed by atoms with E-state index in [1.54, 1.807) is 0 Å². The molecule has 2 fully saturated rings. The molecule has 0 radical (unpaired) electrons. The van der Waals surface area contributed by atoms with Crippen LogP contribution in [0.3, 0.4) is 0 Å². The van der Waals surface area contributed by atoms with E-state index < -0.39 is 0 Å². The largest absolute Gasteiger partial charge is 0.374 e. The normalized spacial score (nSPS) is 26.5. The van der Waals surface area contributed by atoms with Crippen LogP contribution in [0.4, 0.5) is 0 Å². The molecule has 0 spiro atoms. The highest BCUT2D eigenvalue weighted by atomic mass is 35.5. The van der Waals surface area contributed by atoms with Gasteiger partial charge in [0.05, 0.1) is 23.8 Å². The van der Waals surface area contributed by atoms with Crippen molar-refractivity contribution in [2.75, 3.05) is 13.2 Å². The number of hydrogen-bond acceptors (Lipinski definition) is 4. The van der Waals surface area contributed by atoms with Crippen LogP contribution >= 0.6 is 11.6 Å². The number of allylic oxidation sites excluding steroid dienone is 2. The van der Waals surface area contributed by atoms with E-state index in [9.17, 15) is 0 Å². The van der Waals surface area contributed by atoms with Crippen LogP contribution < -0.4 is 11.3 Å². The highest BCUT2D eigenvalue weighted by Gasteiger charge is 2.39. The zero-order chi connectivity index (χ0) is 13.1. The summed E-state index contributed by atoms with van der Waals surface area (Å²) in [5.41, 5.74) is 5.76. The van der Waals surface area contributed by atoms with Crippen LogP contribution in [0, 0.1) is 5.92 Å². The van der Waals surface area contributed by atoms with Crippen molar-refractivity contribution >= 4 is 11.6 Å². The van der Waals surface area contributed by atoms with Crippen molar-refractivity contribution in [1.82, 2.24) is 10.3 Å². The molecular formula is C13H20ClN3O. The van der Waals surface area contributed by atoms with E-state index in [4.69, 9.17) is 22.2 Å². The van der Waals surface area contributed by atoms with E-state index in [1.165, 1.54) is 0 Å². The molecule has 2 saturated heterocycles. The number of nitrogens with two attached hydrogens (primary N) is 1. The molecule has 2 unspecified atom stereocenters. The van der Waals surface area contributed by atoms with Gasteiger partial charge in [-0.3, -0.25) is 0 Å². The molecule has 2 rings (SSSR count). The Balaban J connectivity index is 2.11. The molecular weight excluding hydrogens is 250 g/mol. The van der Waals surface area contributed by atoms with Crippen molar-refractivity contribution in [2.24, 2.45) is 11.8 Å². The van der Waals surface area contributed by atoms with E-state index in [0.29, 0.717) is 23.1 Å². The van der Waals surface area contributed by atoms with Crippen LogP contribution in [0.15, 0.2) is 28.7 Å². The average molecular weight is 270 g/mol. The van der Waals surface area contributed by atoms with Crippen molar-refractivity contribution in [1.29, 1.82) is 0 Å². The second kappa shape index (κ2) is 5.81. The Morgan fingerprint density at radius 2 is 2.39 bits per heavy atom. The number of ether oxygens (including phenoxy) is 1. The first-order valence-corrected chi connectivity index (χ1v) is 6.67. The number of morpholine rings is 1. The summed E-state index contributed by atoms with van der Waals surface area (Å²) in [4.78, 5) is 2.22. The molecule has 2 bridgehead atoms. The Bertz CT molecular complexity index is 399. The van der Waals surface area contributed by atoms with Gasteiger partial charge >= 0.3 is 0 Å². The van der Waals surface area contributed by atoms with E-state index in [0.717, 1.165) is 25.4 Å². The topological polar surface area (TPSA) is 50.5 Å². The molecule has 2 aliphatic rings. The Labute approximate surface area is 113 Å². The molecule has 0 saturated carbocycles. The highest BCUT2D eigenvalue weighted by Crippen LogP contribution is 2.30. The van der Waals surface area contributed by atoms with Gasteiger partial charge in [0.2, 0.25) is 0 Å². The minimum absolute atomic E-state index is 0.334. The number of fused-ring (bicyclic) bond motifs is 2. The van der Waals surface area contributed by atoms with Gasteiger partial charge in [-0.1, -0.05) is 25.4 Å². The standard InChI is InChI=1S/C13H20ClN3O/c1-9(2)3-4-10(14)5-13(16-15)17-7-12-6-11(17)8-18-12/h3,5,9,11-12,16H,6-8,15H2,1-2H3/b13-5+. The van der Waals surface area contributed by atoms with Gasteiger partial charge in [-0.15, -0.1) is 5.73 Å². The summed E-state index contributed by atoms with van der Waals surface area (Å²) >= 11 is 6.12. The van der Waals surface area contributed by atoms with E-state index >= 15 is 0 Å². The molecule has 5 heteroatoms. The molecule has 0 aromatic heterocycles. The fourth-order valence-corrected chi connectivity index (χ4v) is 2.48. The molecule has 0 amide bonds. The molecule has 18 heavy (non-hydrogen) atoms. The van der Waals surface area contributed by atoms with Gasteiger partial charge in [-0.25, -0.2) is 5.84 Å². The maximum absolute atomic E-state index is 6.12. The zero-order valence-corrected chi connectivity index (χ0v) is 11.6. The summed E-state index contributed by atoms with van der Waals surface area (Å²) in [6.07, 6.45) is 5.16. The Morgan fingerprint density at radius 3 is 2.89 bits per heavy atom. The highest BCUT2D eigenvalue weighted by molar-refractivity contribution is 6.31. The smallest absolute Gasteiger partial charge is 0.118 e. The van der Waals surface area contributed by atoms with E-state index in [1.807, 2.05) is 12.2 Å². The summed E-state index contributed by atoms with van der Waals surface area (Å²) in [7, 11) is 0. The summed E-state index contributed by atoms with van der Waals surface area (Å²) in [5.74, 6) is 6.84. The summed E-state index contributed by atoms with van der Waals surface area (Å²) in [6.45, 7) is 5.81. The number of halogens is 1. The Kier molecular flexibility index (Phi) is 4.36. The number of hydrazine groups is 1. The molecule has 100 valence electrons. The minimum Gasteiger partial charge on any atom is -0.374 e. The quantitative estimate of drug-likeness (QED) is 0.353. The van der Waals surface area contributed by atoms with Crippen LogP contribution in [0.2, 0.25) is 0 Å². The Morgan fingerprint density at radius 1 is 1.61 bits per heavy atom. The van der Waals surface area contributed by atoms with E-state index in [2.05, 4.69) is 29.9 Å². The van der Waals surface area contributed by atoms with Crippen molar-refractivity contribution in [3.8, 4) is 0 Å². The molecule has 4 nitrogen and oxygen atoms in total. The number of rotatable bonds is 4. The lowest BCUT2D eigenvalue weighted by Crippen LogP contribution is -2.42. The first-order chi connectivity index (χ1) is 8.60. The third-order valence-electron chi connectivity index (χ3n) is 3.18. The third kappa shape index (κ3) is 3.09. The zero-order valence-electron chi connectivity index (χ0n) is 10.8. The van der Waals surface area contributed by atoms with Crippen LogP contribution in [0.5, 0.6) is 0 Å². The van der Waals surface area contributed by atoms with E-state index in [-0.39, 0.29) is 0 Å². The average Bonchev–Trinajstić information content (AvgIpc) is 2.95. The van der Waals surface area contributed by atoms with Gasteiger partial charge in [0.15, 0.2) is 0 Å². The lowest BCUT2D eigenvalue weighted by molar-refractivity contribution is 0.0417. The third-order valence-corrected chi connectivity index (χ3v) is 3.39. The molecule has 2 atom stereocenters. The van der Waals surface area contributed by atoms with Crippen LogP contribution in [0.1, 0.15) is 20.3 Å². The maximum Gasteiger partial charge on any atom is 0.118 e. The van der Waals surface area contributed by atoms with Gasteiger partial charge in [-0.05, 0) is 18.4 Å². The second-order valence-corrected chi connectivity index (χ2v) is 5.48. The summed E-state index contributed by atoms with van der Waals surface area (Å²) in [6, 6.07) is 0.413. The van der Waals surface area contributed by atoms with Crippen molar-refractivity contribution in [3.63, 3.8) is 0 Å². The van der Waals surface area contributed by atoms with Crippen LogP contribution in [-0.2, 0) is 4.74 Å². The fourth-order valence-electron chi connectivity index (χ4n) is 2.31. The number of nitrogens with one attached hydrogen (secondary N) is 1. The first-order valence-electron chi connectivity index (χ1n) is 6.29. The molecule has 0 aromatic rings. The predicted molar refractivity (Wildman–Crippen MR) is 72.5 cm³/mol. The van der Waals surface area contributed by atoms with Gasteiger partial charge in [-0.2, -0.15) is 0 Å². The summed E-state index contributed by atoms with van der Waals surface area (Å²) < 4.78 is 5.56. The van der Waals surface area contributed by atoms with Gasteiger partial charge < -0.3 is 15.1 Å². The Hall–Kier alpha value is -0.930. The SMILES string of the molecule is CC(C)C=C=C(Cl)/C=C(\NN)N1CC2CC1CO2.